The van der Waals surface area contributed by atoms with Gasteiger partial charge in [0.25, 0.3) is 0 Å². The second-order valence-corrected chi connectivity index (χ2v) is 3.94. The molecular weight excluding hydrogens is 202 g/mol. The second kappa shape index (κ2) is 5.01. The summed E-state index contributed by atoms with van der Waals surface area (Å²) < 4.78 is 5.59. The molecule has 0 atom stereocenters. The Labute approximate surface area is 96.0 Å². The van der Waals surface area contributed by atoms with Crippen molar-refractivity contribution in [3.63, 3.8) is 0 Å². The van der Waals surface area contributed by atoms with Gasteiger partial charge >= 0.3 is 0 Å². The lowest BCUT2D eigenvalue weighted by Gasteiger charge is -2.22. The molecule has 0 N–H and O–H groups in total. The fourth-order valence-electron chi connectivity index (χ4n) is 2.19. The van der Waals surface area contributed by atoms with E-state index in [-0.39, 0.29) is 0 Å². The van der Waals surface area contributed by atoms with Gasteiger partial charge < -0.3 is 9.64 Å². The van der Waals surface area contributed by atoms with Crippen molar-refractivity contribution >= 4 is 12.0 Å². The molecule has 0 aromatic heterocycles. The van der Waals surface area contributed by atoms with Crippen LogP contribution >= 0.6 is 0 Å². The summed E-state index contributed by atoms with van der Waals surface area (Å²) in [6.45, 7) is 4.63. The molecule has 1 heterocycles. The largest absolute Gasteiger partial charge is 0.492 e. The van der Waals surface area contributed by atoms with Crippen LogP contribution in [0.15, 0.2) is 18.2 Å². The van der Waals surface area contributed by atoms with Gasteiger partial charge in [-0.3, -0.25) is 4.79 Å². The fraction of sp³-hybridized carbons (Fsp3) is 0.462. The van der Waals surface area contributed by atoms with E-state index >= 15 is 0 Å². The molecule has 86 valence electrons. The molecule has 1 aliphatic heterocycles. The minimum absolute atomic E-state index is 0.628. The van der Waals surface area contributed by atoms with E-state index in [0.717, 1.165) is 36.4 Å². The van der Waals surface area contributed by atoms with Crippen LogP contribution in [-0.2, 0) is 0 Å². The standard InChI is InChI=1S/C13H17NO2/c1-2-16-12-7-5-6-11(10-15)13(12)14-8-3-4-9-14/h5-7,10H,2-4,8-9H2,1H3. The molecule has 0 unspecified atom stereocenters. The molecule has 0 spiro atoms. The van der Waals surface area contributed by atoms with E-state index < -0.39 is 0 Å². The normalized spacial score (nSPS) is 15.2. The minimum Gasteiger partial charge on any atom is -0.492 e. The van der Waals surface area contributed by atoms with E-state index in [1.54, 1.807) is 0 Å². The van der Waals surface area contributed by atoms with Gasteiger partial charge in [0.15, 0.2) is 6.29 Å². The van der Waals surface area contributed by atoms with Crippen molar-refractivity contribution in [3.05, 3.63) is 23.8 Å². The SMILES string of the molecule is CCOc1cccc(C=O)c1N1CCCC1. The van der Waals surface area contributed by atoms with Gasteiger partial charge in [-0.2, -0.15) is 0 Å². The Hall–Kier alpha value is -1.51. The summed E-state index contributed by atoms with van der Waals surface area (Å²) in [5.74, 6) is 0.828. The van der Waals surface area contributed by atoms with Gasteiger partial charge in [-0.15, -0.1) is 0 Å². The number of carbonyl (C=O) groups excluding carboxylic acids is 1. The van der Waals surface area contributed by atoms with E-state index in [2.05, 4.69) is 4.90 Å². The highest BCUT2D eigenvalue weighted by atomic mass is 16.5. The van der Waals surface area contributed by atoms with Gasteiger partial charge in [-0.25, -0.2) is 0 Å². The van der Waals surface area contributed by atoms with Crippen LogP contribution in [0.4, 0.5) is 5.69 Å². The highest BCUT2D eigenvalue weighted by molar-refractivity contribution is 5.87. The lowest BCUT2D eigenvalue weighted by molar-refractivity contribution is 0.112. The van der Waals surface area contributed by atoms with Crippen LogP contribution in [0.1, 0.15) is 30.1 Å². The zero-order valence-electron chi connectivity index (χ0n) is 9.61. The van der Waals surface area contributed by atoms with Crippen LogP contribution in [0.5, 0.6) is 5.75 Å². The molecule has 0 amide bonds. The van der Waals surface area contributed by atoms with Crippen LogP contribution in [0.2, 0.25) is 0 Å². The average molecular weight is 219 g/mol. The Morgan fingerprint density at radius 2 is 2.12 bits per heavy atom. The molecule has 16 heavy (non-hydrogen) atoms. The number of hydrogen-bond donors (Lipinski definition) is 0. The van der Waals surface area contributed by atoms with Crippen molar-refractivity contribution in [1.82, 2.24) is 0 Å². The first-order valence-corrected chi connectivity index (χ1v) is 5.82. The quantitative estimate of drug-likeness (QED) is 0.729. The number of hydrogen-bond acceptors (Lipinski definition) is 3. The third kappa shape index (κ3) is 2.03. The number of ether oxygens (including phenoxy) is 1. The number of nitrogens with zero attached hydrogens (tertiary/aromatic N) is 1. The van der Waals surface area contributed by atoms with Crippen molar-refractivity contribution < 1.29 is 9.53 Å². The van der Waals surface area contributed by atoms with Crippen molar-refractivity contribution in [3.8, 4) is 5.75 Å². The third-order valence-electron chi connectivity index (χ3n) is 2.88. The van der Waals surface area contributed by atoms with Gasteiger partial charge in [0.05, 0.1) is 12.3 Å². The second-order valence-electron chi connectivity index (χ2n) is 3.94. The lowest BCUT2D eigenvalue weighted by atomic mass is 10.1. The molecule has 3 nitrogen and oxygen atoms in total. The predicted octanol–water partition coefficient (Wildman–Crippen LogP) is 2.50. The van der Waals surface area contributed by atoms with E-state index in [1.165, 1.54) is 12.8 Å². The molecule has 1 saturated heterocycles. The van der Waals surface area contributed by atoms with Crippen molar-refractivity contribution in [2.45, 2.75) is 19.8 Å². The molecule has 0 radical (unpaired) electrons. The van der Waals surface area contributed by atoms with Crippen molar-refractivity contribution in [1.29, 1.82) is 0 Å². The molecule has 1 aromatic carbocycles. The summed E-state index contributed by atoms with van der Waals surface area (Å²) in [4.78, 5) is 13.3. The molecule has 1 aliphatic rings. The maximum atomic E-state index is 11.1. The highest BCUT2D eigenvalue weighted by Crippen LogP contribution is 2.33. The van der Waals surface area contributed by atoms with Gasteiger partial charge in [0.1, 0.15) is 5.75 Å². The van der Waals surface area contributed by atoms with Gasteiger partial charge in [-0.05, 0) is 31.9 Å². The first kappa shape index (κ1) is 11.0. The summed E-state index contributed by atoms with van der Waals surface area (Å²) in [5.41, 5.74) is 1.70. The monoisotopic (exact) mass is 219 g/mol. The number of anilines is 1. The van der Waals surface area contributed by atoms with Crippen LogP contribution in [0, 0.1) is 0 Å². The Bertz CT molecular complexity index is 370. The maximum absolute atomic E-state index is 11.1. The molecule has 1 fully saturated rings. The molecule has 0 bridgehead atoms. The highest BCUT2D eigenvalue weighted by Gasteiger charge is 2.19. The Morgan fingerprint density at radius 3 is 2.75 bits per heavy atom. The number of benzene rings is 1. The van der Waals surface area contributed by atoms with Crippen molar-refractivity contribution in [2.24, 2.45) is 0 Å². The summed E-state index contributed by atoms with van der Waals surface area (Å²) in [6.07, 6.45) is 3.30. The van der Waals surface area contributed by atoms with Gasteiger partial charge in [0, 0.05) is 18.7 Å². The van der Waals surface area contributed by atoms with Crippen LogP contribution in [0.25, 0.3) is 0 Å². The van der Waals surface area contributed by atoms with Crippen LogP contribution in [0.3, 0.4) is 0 Å². The van der Waals surface area contributed by atoms with Crippen LogP contribution in [-0.4, -0.2) is 26.0 Å². The topological polar surface area (TPSA) is 29.5 Å². The number of rotatable bonds is 4. The smallest absolute Gasteiger partial charge is 0.152 e. The minimum atomic E-state index is 0.628. The van der Waals surface area contributed by atoms with E-state index in [0.29, 0.717) is 6.61 Å². The summed E-state index contributed by atoms with van der Waals surface area (Å²) in [6, 6.07) is 5.65. The first-order chi connectivity index (χ1) is 7.86. The average Bonchev–Trinajstić information content (AvgIpc) is 2.82. The summed E-state index contributed by atoms with van der Waals surface area (Å²) in [7, 11) is 0. The Kier molecular flexibility index (Phi) is 3.44. The number of aldehydes is 1. The molecule has 2 rings (SSSR count). The third-order valence-corrected chi connectivity index (χ3v) is 2.88. The van der Waals surface area contributed by atoms with E-state index in [4.69, 9.17) is 4.74 Å². The Balaban J connectivity index is 2.39. The molecule has 3 heteroatoms. The summed E-state index contributed by atoms with van der Waals surface area (Å²) in [5, 5.41) is 0. The summed E-state index contributed by atoms with van der Waals surface area (Å²) >= 11 is 0. The predicted molar refractivity (Wildman–Crippen MR) is 64.4 cm³/mol. The zero-order chi connectivity index (χ0) is 11.4. The molecule has 0 saturated carbocycles. The number of para-hydroxylation sites is 1. The molecule has 0 aliphatic carbocycles. The first-order valence-electron chi connectivity index (χ1n) is 5.82. The van der Waals surface area contributed by atoms with Gasteiger partial charge in [0.2, 0.25) is 0 Å². The maximum Gasteiger partial charge on any atom is 0.152 e. The Morgan fingerprint density at radius 1 is 1.38 bits per heavy atom. The van der Waals surface area contributed by atoms with Crippen molar-refractivity contribution in [2.75, 3.05) is 24.6 Å². The number of carbonyl (C=O) groups is 1. The van der Waals surface area contributed by atoms with Crippen LogP contribution < -0.4 is 9.64 Å². The molecular formula is C13H17NO2. The van der Waals surface area contributed by atoms with E-state index in [1.807, 2.05) is 25.1 Å². The lowest BCUT2D eigenvalue weighted by Crippen LogP contribution is -2.20. The van der Waals surface area contributed by atoms with E-state index in [9.17, 15) is 4.79 Å². The fourth-order valence-corrected chi connectivity index (χ4v) is 2.19. The zero-order valence-corrected chi connectivity index (χ0v) is 9.61. The van der Waals surface area contributed by atoms with Gasteiger partial charge in [-0.1, -0.05) is 6.07 Å². The molecule has 1 aromatic rings.